The van der Waals surface area contributed by atoms with Crippen LogP contribution in [-0.2, 0) is 10.3 Å². The molecule has 0 radical (unpaired) electrons. The van der Waals surface area contributed by atoms with Crippen molar-refractivity contribution in [1.29, 1.82) is 0 Å². The summed E-state index contributed by atoms with van der Waals surface area (Å²) in [7, 11) is 0. The molecule has 1 spiro atoms. The summed E-state index contributed by atoms with van der Waals surface area (Å²) in [5, 5.41) is 13.0. The smallest absolute Gasteiger partial charge is 0.325 e. The summed E-state index contributed by atoms with van der Waals surface area (Å²) >= 11 is 0. The molecule has 146 valence electrons. The van der Waals surface area contributed by atoms with Crippen molar-refractivity contribution in [3.8, 4) is 11.5 Å². The first kappa shape index (κ1) is 18.2. The van der Waals surface area contributed by atoms with Crippen LogP contribution in [0.4, 0.5) is 9.18 Å². The van der Waals surface area contributed by atoms with Gasteiger partial charge in [0.25, 0.3) is 5.91 Å². The molecule has 4 rings (SSSR count). The number of β-amino-alcohol motifs (C(OH)–C–C–N with tert-alkyl or cyclic N) is 1. The van der Waals surface area contributed by atoms with Crippen molar-refractivity contribution in [3.05, 3.63) is 59.9 Å². The molecule has 7 nitrogen and oxygen atoms in total. The summed E-state index contributed by atoms with van der Waals surface area (Å²) in [5.74, 6) is 0.125. The minimum absolute atomic E-state index is 0.143. The summed E-state index contributed by atoms with van der Waals surface area (Å²) < 4.78 is 23.9. The number of benzene rings is 2. The third kappa shape index (κ3) is 3.16. The van der Waals surface area contributed by atoms with Crippen molar-refractivity contribution < 1.29 is 28.6 Å². The van der Waals surface area contributed by atoms with E-state index >= 15 is 0 Å². The number of rotatable bonds is 5. The largest absolute Gasteiger partial charge is 0.493 e. The van der Waals surface area contributed by atoms with E-state index in [1.54, 1.807) is 24.3 Å². The standard InChI is InChI=1S/C20H19FN2O5/c21-13-5-7-15(8-6-13)28-12-14(24)11-23-18(25)20(22-19(23)26)9-10-27-17-4-2-1-3-16(17)20/h1-8,14,24H,9-12H2,(H,22,26)/t14-,20+/m0/s1. The predicted octanol–water partition coefficient (Wildman–Crippen LogP) is 1.80. The van der Waals surface area contributed by atoms with Crippen LogP contribution < -0.4 is 14.8 Å². The Labute approximate surface area is 160 Å². The van der Waals surface area contributed by atoms with Gasteiger partial charge in [-0.05, 0) is 30.3 Å². The van der Waals surface area contributed by atoms with Crippen molar-refractivity contribution in [2.24, 2.45) is 0 Å². The molecule has 2 heterocycles. The Kier molecular flexibility index (Phi) is 4.64. The van der Waals surface area contributed by atoms with Gasteiger partial charge in [-0.25, -0.2) is 9.18 Å². The lowest BCUT2D eigenvalue weighted by Gasteiger charge is -2.33. The fourth-order valence-electron chi connectivity index (χ4n) is 3.52. The van der Waals surface area contributed by atoms with Crippen LogP contribution in [0, 0.1) is 5.82 Å². The van der Waals surface area contributed by atoms with E-state index in [0.29, 0.717) is 30.1 Å². The number of aliphatic hydroxyl groups is 1. The quantitative estimate of drug-likeness (QED) is 0.765. The first-order chi connectivity index (χ1) is 13.5. The first-order valence-corrected chi connectivity index (χ1v) is 8.92. The third-order valence-corrected chi connectivity index (χ3v) is 4.91. The van der Waals surface area contributed by atoms with Gasteiger partial charge < -0.3 is 19.9 Å². The third-order valence-electron chi connectivity index (χ3n) is 4.91. The van der Waals surface area contributed by atoms with Crippen molar-refractivity contribution in [2.45, 2.75) is 18.1 Å². The maximum Gasteiger partial charge on any atom is 0.325 e. The second kappa shape index (κ2) is 7.12. The Morgan fingerprint density at radius 2 is 1.96 bits per heavy atom. The highest BCUT2D eigenvalue weighted by atomic mass is 19.1. The van der Waals surface area contributed by atoms with Gasteiger partial charge >= 0.3 is 6.03 Å². The second-order valence-corrected chi connectivity index (χ2v) is 6.76. The Morgan fingerprint density at radius 1 is 1.21 bits per heavy atom. The highest BCUT2D eigenvalue weighted by Crippen LogP contribution is 2.40. The molecule has 2 aromatic carbocycles. The van der Waals surface area contributed by atoms with Crippen LogP contribution in [0.15, 0.2) is 48.5 Å². The van der Waals surface area contributed by atoms with Gasteiger partial charge in [0.1, 0.15) is 30.0 Å². The van der Waals surface area contributed by atoms with Gasteiger partial charge in [0.2, 0.25) is 0 Å². The van der Waals surface area contributed by atoms with E-state index in [-0.39, 0.29) is 13.2 Å². The normalized spacial score (nSPS) is 21.9. The molecule has 2 N–H and O–H groups in total. The summed E-state index contributed by atoms with van der Waals surface area (Å²) in [6.45, 7) is -0.0564. The number of fused-ring (bicyclic) bond motifs is 2. The minimum atomic E-state index is -1.18. The SMILES string of the molecule is O=C1N[C@@]2(CCOc3ccccc32)C(=O)N1C[C@H](O)COc1ccc(F)cc1. The fourth-order valence-corrected chi connectivity index (χ4v) is 3.52. The number of urea groups is 1. The molecule has 2 atom stereocenters. The van der Waals surface area contributed by atoms with Crippen LogP contribution in [-0.4, -0.2) is 47.8 Å². The number of carbonyl (C=O) groups excluding carboxylic acids is 2. The molecule has 0 saturated carbocycles. The lowest BCUT2D eigenvalue weighted by molar-refractivity contribution is -0.133. The lowest BCUT2D eigenvalue weighted by Crippen LogP contribution is -2.48. The van der Waals surface area contributed by atoms with Gasteiger partial charge in [-0.15, -0.1) is 0 Å². The van der Waals surface area contributed by atoms with Crippen LogP contribution in [0.25, 0.3) is 0 Å². The molecule has 0 aromatic heterocycles. The molecule has 1 fully saturated rings. The van der Waals surface area contributed by atoms with Gasteiger partial charge in [-0.2, -0.15) is 0 Å². The zero-order valence-corrected chi connectivity index (χ0v) is 14.9. The Bertz CT molecular complexity index is 904. The zero-order chi connectivity index (χ0) is 19.7. The van der Waals surface area contributed by atoms with Gasteiger partial charge in [0.15, 0.2) is 5.54 Å². The van der Waals surface area contributed by atoms with E-state index in [2.05, 4.69) is 5.32 Å². The van der Waals surface area contributed by atoms with Gasteiger partial charge in [0, 0.05) is 12.0 Å². The van der Waals surface area contributed by atoms with E-state index in [1.165, 1.54) is 24.3 Å². The molecular formula is C20H19FN2O5. The number of imide groups is 1. The Balaban J connectivity index is 1.45. The number of nitrogens with one attached hydrogen (secondary N) is 1. The second-order valence-electron chi connectivity index (χ2n) is 6.76. The number of para-hydroxylation sites is 1. The van der Waals surface area contributed by atoms with Crippen LogP contribution in [0.3, 0.4) is 0 Å². The van der Waals surface area contributed by atoms with Crippen LogP contribution in [0.1, 0.15) is 12.0 Å². The van der Waals surface area contributed by atoms with Crippen LogP contribution >= 0.6 is 0 Å². The number of carbonyl (C=O) groups is 2. The molecule has 8 heteroatoms. The van der Waals surface area contributed by atoms with Gasteiger partial charge in [0.05, 0.1) is 13.2 Å². The molecule has 0 bridgehead atoms. The molecule has 2 aromatic rings. The van der Waals surface area contributed by atoms with Crippen LogP contribution in [0.5, 0.6) is 11.5 Å². The van der Waals surface area contributed by atoms with Crippen molar-refractivity contribution in [2.75, 3.05) is 19.8 Å². The van der Waals surface area contributed by atoms with E-state index in [9.17, 15) is 19.1 Å². The number of nitrogens with zero attached hydrogens (tertiary/aromatic N) is 1. The summed E-state index contributed by atoms with van der Waals surface area (Å²) in [6.07, 6.45) is -0.780. The summed E-state index contributed by atoms with van der Waals surface area (Å²) in [4.78, 5) is 26.6. The molecule has 1 saturated heterocycles. The average Bonchev–Trinajstić information content (AvgIpc) is 2.93. The monoisotopic (exact) mass is 386 g/mol. The molecule has 28 heavy (non-hydrogen) atoms. The number of aliphatic hydroxyl groups excluding tert-OH is 1. The Morgan fingerprint density at radius 3 is 2.75 bits per heavy atom. The fraction of sp³-hybridized carbons (Fsp3) is 0.300. The highest BCUT2D eigenvalue weighted by molar-refractivity contribution is 6.08. The lowest BCUT2D eigenvalue weighted by atomic mass is 9.84. The number of ether oxygens (including phenoxy) is 2. The predicted molar refractivity (Wildman–Crippen MR) is 96.4 cm³/mol. The molecule has 2 aliphatic heterocycles. The van der Waals surface area contributed by atoms with Crippen molar-refractivity contribution >= 4 is 11.9 Å². The number of halogens is 1. The maximum atomic E-state index is 13.1. The molecular weight excluding hydrogens is 367 g/mol. The maximum absolute atomic E-state index is 13.1. The molecule has 0 aliphatic carbocycles. The summed E-state index contributed by atoms with van der Waals surface area (Å²) in [5.41, 5.74) is -0.567. The van der Waals surface area contributed by atoms with Gasteiger partial charge in [-0.1, -0.05) is 18.2 Å². The summed E-state index contributed by atoms with van der Waals surface area (Å²) in [6, 6.07) is 11.9. The van der Waals surface area contributed by atoms with E-state index < -0.39 is 29.4 Å². The highest BCUT2D eigenvalue weighted by Gasteiger charge is 2.55. The Hall–Kier alpha value is -3.13. The number of hydrogen-bond donors (Lipinski definition) is 2. The number of hydrogen-bond acceptors (Lipinski definition) is 5. The van der Waals surface area contributed by atoms with E-state index in [4.69, 9.17) is 9.47 Å². The average molecular weight is 386 g/mol. The van der Waals surface area contributed by atoms with E-state index in [1.807, 2.05) is 0 Å². The molecule has 3 amide bonds. The zero-order valence-electron chi connectivity index (χ0n) is 14.9. The molecule has 2 aliphatic rings. The van der Waals surface area contributed by atoms with Crippen molar-refractivity contribution in [1.82, 2.24) is 10.2 Å². The minimum Gasteiger partial charge on any atom is -0.493 e. The van der Waals surface area contributed by atoms with Crippen LogP contribution in [0.2, 0.25) is 0 Å². The molecule has 0 unspecified atom stereocenters. The van der Waals surface area contributed by atoms with E-state index in [0.717, 1.165) is 4.90 Å². The number of amides is 3. The topological polar surface area (TPSA) is 88.1 Å². The van der Waals surface area contributed by atoms with Crippen molar-refractivity contribution in [3.63, 3.8) is 0 Å². The first-order valence-electron chi connectivity index (χ1n) is 8.92. The van der Waals surface area contributed by atoms with Gasteiger partial charge in [-0.3, -0.25) is 9.69 Å².